The maximum absolute atomic E-state index is 12.4. The van der Waals surface area contributed by atoms with Crippen molar-refractivity contribution >= 4 is 16.0 Å². The topological polar surface area (TPSA) is 73.8 Å². The molecule has 148 valence electrons. The van der Waals surface area contributed by atoms with Crippen molar-refractivity contribution < 1.29 is 21.6 Å². The summed E-state index contributed by atoms with van der Waals surface area (Å²) in [5.41, 5.74) is 0.773. The van der Waals surface area contributed by atoms with Crippen LogP contribution >= 0.6 is 0 Å². The molecule has 0 radical (unpaired) electrons. The third-order valence-corrected chi connectivity index (χ3v) is 5.76. The minimum absolute atomic E-state index is 0.160. The fourth-order valence-corrected chi connectivity index (χ4v) is 3.32. The number of hydrogen-bond donors (Lipinski definition) is 2. The molecule has 0 fully saturated rings. The van der Waals surface area contributed by atoms with E-state index in [2.05, 4.69) is 15.6 Å². The van der Waals surface area contributed by atoms with Gasteiger partial charge in [0.25, 0.3) is 0 Å². The minimum atomic E-state index is -4.23. The van der Waals surface area contributed by atoms with E-state index in [1.165, 1.54) is 30.5 Å². The first-order valence-corrected chi connectivity index (χ1v) is 9.49. The van der Waals surface area contributed by atoms with Gasteiger partial charge >= 0.3 is 6.18 Å². The maximum atomic E-state index is 12.4. The van der Waals surface area contributed by atoms with Crippen molar-refractivity contribution in [1.29, 1.82) is 0 Å². The number of hydrogen-bond acceptors (Lipinski definition) is 3. The van der Waals surface area contributed by atoms with Crippen molar-refractivity contribution in [2.75, 3.05) is 20.6 Å². The molecule has 0 atom stereocenters. The van der Waals surface area contributed by atoms with Gasteiger partial charge in [-0.15, -0.1) is 0 Å². The summed E-state index contributed by atoms with van der Waals surface area (Å²) in [6, 6.07) is 6.15. The molecule has 1 rings (SSSR count). The van der Waals surface area contributed by atoms with E-state index in [9.17, 15) is 21.6 Å². The van der Waals surface area contributed by atoms with Crippen molar-refractivity contribution in [3.05, 3.63) is 29.8 Å². The normalized spacial score (nSPS) is 13.3. The van der Waals surface area contributed by atoms with Crippen LogP contribution in [-0.4, -0.2) is 51.5 Å². The molecule has 0 aliphatic carbocycles. The predicted molar refractivity (Wildman–Crippen MR) is 95.4 cm³/mol. The Balaban J connectivity index is 2.64. The average Bonchev–Trinajstić information content (AvgIpc) is 2.56. The summed E-state index contributed by atoms with van der Waals surface area (Å²) in [5.74, 6) is 0.241. The van der Waals surface area contributed by atoms with E-state index < -0.39 is 22.6 Å². The second kappa shape index (κ2) is 9.22. The molecule has 0 aliphatic rings. The zero-order valence-corrected chi connectivity index (χ0v) is 16.1. The molecule has 10 heteroatoms. The molecule has 0 aliphatic heterocycles. The molecule has 6 nitrogen and oxygen atoms in total. The number of guanidine groups is 1. The van der Waals surface area contributed by atoms with Gasteiger partial charge in [-0.2, -0.15) is 17.5 Å². The predicted octanol–water partition coefficient (Wildman–Crippen LogP) is 2.33. The summed E-state index contributed by atoms with van der Waals surface area (Å²) >= 11 is 0. The Morgan fingerprint density at radius 1 is 1.19 bits per heavy atom. The van der Waals surface area contributed by atoms with Crippen LogP contribution in [0.2, 0.25) is 0 Å². The maximum Gasteiger partial charge on any atom is 0.390 e. The van der Waals surface area contributed by atoms with Crippen LogP contribution < -0.4 is 10.6 Å². The van der Waals surface area contributed by atoms with Crippen molar-refractivity contribution in [3.8, 4) is 0 Å². The zero-order valence-electron chi connectivity index (χ0n) is 15.3. The molecule has 0 saturated heterocycles. The van der Waals surface area contributed by atoms with Gasteiger partial charge in [0.05, 0.1) is 11.3 Å². The van der Waals surface area contributed by atoms with E-state index >= 15 is 0 Å². The summed E-state index contributed by atoms with van der Waals surface area (Å²) in [6.07, 6.45) is -5.18. The van der Waals surface area contributed by atoms with Gasteiger partial charge in [0.2, 0.25) is 10.0 Å². The van der Waals surface area contributed by atoms with Crippen LogP contribution in [0.3, 0.4) is 0 Å². The van der Waals surface area contributed by atoms with E-state index in [-0.39, 0.29) is 23.4 Å². The van der Waals surface area contributed by atoms with Gasteiger partial charge in [-0.1, -0.05) is 12.1 Å². The highest BCUT2D eigenvalue weighted by atomic mass is 32.2. The Morgan fingerprint density at radius 2 is 1.77 bits per heavy atom. The Bertz CT molecular complexity index is 701. The van der Waals surface area contributed by atoms with Crippen LogP contribution in [0.1, 0.15) is 25.8 Å². The average molecular weight is 394 g/mol. The number of nitrogens with zero attached hydrogens (tertiary/aromatic N) is 2. The molecule has 0 saturated carbocycles. The second-order valence-electron chi connectivity index (χ2n) is 5.98. The van der Waals surface area contributed by atoms with Gasteiger partial charge in [0.15, 0.2) is 5.96 Å². The van der Waals surface area contributed by atoms with Crippen LogP contribution in [0.25, 0.3) is 0 Å². The summed E-state index contributed by atoms with van der Waals surface area (Å²) in [6.45, 7) is 3.59. The Kier molecular flexibility index (Phi) is 7.88. The van der Waals surface area contributed by atoms with Crippen LogP contribution in [-0.2, 0) is 16.6 Å². The molecule has 2 N–H and O–H groups in total. The number of sulfonamides is 1. The monoisotopic (exact) mass is 394 g/mol. The first-order chi connectivity index (χ1) is 12.0. The van der Waals surface area contributed by atoms with Crippen molar-refractivity contribution in [2.24, 2.45) is 4.99 Å². The Labute approximate surface area is 152 Å². The van der Waals surface area contributed by atoms with Gasteiger partial charge < -0.3 is 10.6 Å². The molecule has 0 spiro atoms. The number of rotatable bonds is 7. The number of benzene rings is 1. The molecule has 1 aromatic rings. The van der Waals surface area contributed by atoms with E-state index in [1.807, 2.05) is 0 Å². The number of nitrogens with one attached hydrogen (secondary N) is 2. The van der Waals surface area contributed by atoms with Gasteiger partial charge in [-0.3, -0.25) is 4.99 Å². The van der Waals surface area contributed by atoms with E-state index in [0.717, 1.165) is 5.56 Å². The summed E-state index contributed by atoms with van der Waals surface area (Å²) < 4.78 is 62.5. The first kappa shape index (κ1) is 22.2. The lowest BCUT2D eigenvalue weighted by atomic mass is 10.2. The Hall–Kier alpha value is -1.81. The van der Waals surface area contributed by atoms with Crippen molar-refractivity contribution in [1.82, 2.24) is 14.9 Å². The molecule has 0 bridgehead atoms. The smallest absolute Gasteiger partial charge is 0.356 e. The second-order valence-corrected chi connectivity index (χ2v) is 7.97. The summed E-state index contributed by atoms with van der Waals surface area (Å²) in [7, 11) is -0.568. The SMILES string of the molecule is CN=C(NCCC(F)(F)F)NCc1ccc(S(=O)(=O)N(C)C(C)C)cc1. The zero-order chi connectivity index (χ0) is 20.0. The lowest BCUT2D eigenvalue weighted by Gasteiger charge is -2.21. The third kappa shape index (κ3) is 6.83. The highest BCUT2D eigenvalue weighted by molar-refractivity contribution is 7.89. The standard InChI is InChI=1S/C16H25F3N4O2S/c1-12(2)23(4)26(24,25)14-7-5-13(6-8-14)11-22-15(20-3)21-10-9-16(17,18)19/h5-8,12H,9-11H2,1-4H3,(H2,20,21,22). The fourth-order valence-electron chi connectivity index (χ4n) is 1.95. The molecule has 0 amide bonds. The van der Waals surface area contributed by atoms with Gasteiger partial charge in [-0.05, 0) is 31.5 Å². The van der Waals surface area contributed by atoms with E-state index in [0.29, 0.717) is 6.54 Å². The van der Waals surface area contributed by atoms with Crippen molar-refractivity contribution in [3.63, 3.8) is 0 Å². The molecule has 0 heterocycles. The number of halogens is 3. The van der Waals surface area contributed by atoms with Gasteiger partial charge in [-0.25, -0.2) is 8.42 Å². The van der Waals surface area contributed by atoms with Gasteiger partial charge in [0.1, 0.15) is 0 Å². The van der Waals surface area contributed by atoms with Crippen LogP contribution in [0.5, 0.6) is 0 Å². The number of alkyl halides is 3. The van der Waals surface area contributed by atoms with E-state index in [1.54, 1.807) is 26.0 Å². The molecular weight excluding hydrogens is 369 g/mol. The van der Waals surface area contributed by atoms with Crippen molar-refractivity contribution in [2.45, 2.75) is 43.9 Å². The Morgan fingerprint density at radius 3 is 2.23 bits per heavy atom. The lowest BCUT2D eigenvalue weighted by Crippen LogP contribution is -2.38. The highest BCUT2D eigenvalue weighted by Gasteiger charge is 2.26. The first-order valence-electron chi connectivity index (χ1n) is 8.05. The molecule has 1 aromatic carbocycles. The molecule has 0 unspecified atom stereocenters. The van der Waals surface area contributed by atoms with Gasteiger partial charge in [0, 0.05) is 33.2 Å². The third-order valence-electron chi connectivity index (χ3n) is 3.71. The van der Waals surface area contributed by atoms with Crippen LogP contribution in [0.4, 0.5) is 13.2 Å². The largest absolute Gasteiger partial charge is 0.390 e. The summed E-state index contributed by atoms with van der Waals surface area (Å²) in [5, 5.41) is 5.46. The highest BCUT2D eigenvalue weighted by Crippen LogP contribution is 2.18. The fraction of sp³-hybridized carbons (Fsp3) is 0.562. The minimum Gasteiger partial charge on any atom is -0.356 e. The molecular formula is C16H25F3N4O2S. The van der Waals surface area contributed by atoms with Crippen LogP contribution in [0, 0.1) is 0 Å². The quantitative estimate of drug-likeness (QED) is 0.550. The summed E-state index contributed by atoms with van der Waals surface area (Å²) in [4.78, 5) is 4.03. The number of aliphatic imine (C=N–C) groups is 1. The molecule has 0 aromatic heterocycles. The van der Waals surface area contributed by atoms with E-state index in [4.69, 9.17) is 0 Å². The van der Waals surface area contributed by atoms with Crippen LogP contribution in [0.15, 0.2) is 34.2 Å². The lowest BCUT2D eigenvalue weighted by molar-refractivity contribution is -0.132. The molecule has 26 heavy (non-hydrogen) atoms.